The van der Waals surface area contributed by atoms with Gasteiger partial charge in [0.1, 0.15) is 0 Å². The normalized spacial score (nSPS) is 11.7. The van der Waals surface area contributed by atoms with Gasteiger partial charge in [-0.15, -0.1) is 12.4 Å². The van der Waals surface area contributed by atoms with Crippen molar-refractivity contribution in [3.8, 4) is 0 Å². The Hall–Kier alpha value is -0.730. The molecule has 0 fully saturated rings. The summed E-state index contributed by atoms with van der Waals surface area (Å²) < 4.78 is 0. The van der Waals surface area contributed by atoms with Crippen molar-refractivity contribution in [2.24, 2.45) is 5.73 Å². The van der Waals surface area contributed by atoms with Crippen LogP contribution in [-0.2, 0) is 0 Å². The molecule has 1 unspecified atom stereocenters. The molecule has 17 heavy (non-hydrogen) atoms. The van der Waals surface area contributed by atoms with E-state index < -0.39 is 0 Å². The van der Waals surface area contributed by atoms with E-state index in [0.29, 0.717) is 10.0 Å². The Morgan fingerprint density at radius 1 is 0.941 bits per heavy atom. The van der Waals surface area contributed by atoms with E-state index in [-0.39, 0.29) is 18.4 Å². The van der Waals surface area contributed by atoms with Gasteiger partial charge in [0.2, 0.25) is 0 Å². The number of nitrogens with two attached hydrogens (primary N) is 1. The highest BCUT2D eigenvalue weighted by atomic mass is 35.5. The summed E-state index contributed by atoms with van der Waals surface area (Å²) in [4.78, 5) is 0. The van der Waals surface area contributed by atoms with Crippen LogP contribution in [0.2, 0.25) is 10.0 Å². The fraction of sp³-hybridized carbons (Fsp3) is 0.0769. The summed E-state index contributed by atoms with van der Waals surface area (Å²) in [6.07, 6.45) is 0. The lowest BCUT2D eigenvalue weighted by molar-refractivity contribution is 0.872. The second-order valence-electron chi connectivity index (χ2n) is 3.55. The van der Waals surface area contributed by atoms with Crippen molar-refractivity contribution in [2.45, 2.75) is 6.04 Å². The SMILES string of the molecule is Cl.NC(c1ccccc1)c1cc(Cl)ccc1Cl. The third-order valence-corrected chi connectivity index (χ3v) is 3.03. The number of hydrogen-bond donors (Lipinski definition) is 1. The van der Waals surface area contributed by atoms with Gasteiger partial charge in [0.25, 0.3) is 0 Å². The van der Waals surface area contributed by atoms with Crippen LogP contribution in [0.25, 0.3) is 0 Å². The molecule has 0 saturated heterocycles. The average Bonchev–Trinajstić information content (AvgIpc) is 2.32. The first kappa shape index (κ1) is 14.3. The molecule has 4 heteroatoms. The summed E-state index contributed by atoms with van der Waals surface area (Å²) in [5, 5.41) is 1.28. The van der Waals surface area contributed by atoms with Gasteiger partial charge in [-0.2, -0.15) is 0 Å². The fourth-order valence-electron chi connectivity index (χ4n) is 1.59. The molecule has 2 aromatic rings. The average molecular weight is 289 g/mol. The summed E-state index contributed by atoms with van der Waals surface area (Å²) in [5.41, 5.74) is 8.01. The molecule has 1 atom stereocenters. The third kappa shape index (κ3) is 3.36. The zero-order chi connectivity index (χ0) is 11.5. The molecule has 0 aliphatic heterocycles. The van der Waals surface area contributed by atoms with Crippen LogP contribution in [0.15, 0.2) is 48.5 Å². The van der Waals surface area contributed by atoms with Crippen molar-refractivity contribution in [2.75, 3.05) is 0 Å². The summed E-state index contributed by atoms with van der Waals surface area (Å²) in [6.45, 7) is 0. The molecular formula is C13H12Cl3N. The van der Waals surface area contributed by atoms with Gasteiger partial charge < -0.3 is 5.73 Å². The predicted molar refractivity (Wildman–Crippen MR) is 76.2 cm³/mol. The minimum Gasteiger partial charge on any atom is -0.320 e. The van der Waals surface area contributed by atoms with Crippen molar-refractivity contribution < 1.29 is 0 Å². The quantitative estimate of drug-likeness (QED) is 0.867. The maximum absolute atomic E-state index is 6.14. The maximum atomic E-state index is 6.14. The topological polar surface area (TPSA) is 26.0 Å². The minimum absolute atomic E-state index is 0. The molecule has 0 bridgehead atoms. The Balaban J connectivity index is 0.00000144. The van der Waals surface area contributed by atoms with E-state index in [4.69, 9.17) is 28.9 Å². The van der Waals surface area contributed by atoms with E-state index in [1.807, 2.05) is 36.4 Å². The molecule has 0 aliphatic carbocycles. The lowest BCUT2D eigenvalue weighted by atomic mass is 10.00. The number of benzene rings is 2. The highest BCUT2D eigenvalue weighted by molar-refractivity contribution is 6.33. The zero-order valence-electron chi connectivity index (χ0n) is 8.94. The van der Waals surface area contributed by atoms with Gasteiger partial charge in [-0.25, -0.2) is 0 Å². The Labute approximate surface area is 117 Å². The molecule has 2 aromatic carbocycles. The second-order valence-corrected chi connectivity index (χ2v) is 4.40. The van der Waals surface area contributed by atoms with Crippen LogP contribution in [0.4, 0.5) is 0 Å². The standard InChI is InChI=1S/C13H11Cl2N.ClH/c14-10-6-7-12(15)11(8-10)13(16)9-4-2-1-3-5-9;/h1-8,13H,16H2;1H. The first-order valence-electron chi connectivity index (χ1n) is 4.94. The Bertz CT molecular complexity index is 485. The van der Waals surface area contributed by atoms with Crippen molar-refractivity contribution in [3.63, 3.8) is 0 Å². The molecule has 2 N–H and O–H groups in total. The van der Waals surface area contributed by atoms with Gasteiger partial charge in [0.05, 0.1) is 6.04 Å². The van der Waals surface area contributed by atoms with Crippen LogP contribution in [0.3, 0.4) is 0 Å². The van der Waals surface area contributed by atoms with Crippen molar-refractivity contribution in [1.82, 2.24) is 0 Å². The predicted octanol–water partition coefficient (Wildman–Crippen LogP) is 4.46. The third-order valence-electron chi connectivity index (χ3n) is 2.45. The monoisotopic (exact) mass is 287 g/mol. The van der Waals surface area contributed by atoms with Crippen molar-refractivity contribution in [3.05, 3.63) is 69.7 Å². The van der Waals surface area contributed by atoms with Gasteiger partial charge in [-0.3, -0.25) is 0 Å². The molecule has 0 aromatic heterocycles. The molecule has 0 heterocycles. The van der Waals surface area contributed by atoms with Crippen LogP contribution < -0.4 is 5.73 Å². The molecule has 2 rings (SSSR count). The van der Waals surface area contributed by atoms with E-state index >= 15 is 0 Å². The molecule has 0 spiro atoms. The van der Waals surface area contributed by atoms with Crippen molar-refractivity contribution >= 4 is 35.6 Å². The smallest absolute Gasteiger partial charge is 0.0566 e. The zero-order valence-corrected chi connectivity index (χ0v) is 11.3. The van der Waals surface area contributed by atoms with E-state index in [2.05, 4.69) is 0 Å². The number of hydrogen-bond acceptors (Lipinski definition) is 1. The molecular weight excluding hydrogens is 277 g/mol. The largest absolute Gasteiger partial charge is 0.320 e. The highest BCUT2D eigenvalue weighted by Crippen LogP contribution is 2.28. The van der Waals surface area contributed by atoms with E-state index in [1.165, 1.54) is 0 Å². The fourth-order valence-corrected chi connectivity index (χ4v) is 2.01. The molecule has 0 amide bonds. The maximum Gasteiger partial charge on any atom is 0.0566 e. The lowest BCUT2D eigenvalue weighted by Gasteiger charge is -2.14. The van der Waals surface area contributed by atoms with Gasteiger partial charge in [0, 0.05) is 10.0 Å². The van der Waals surface area contributed by atoms with Crippen molar-refractivity contribution in [1.29, 1.82) is 0 Å². The Morgan fingerprint density at radius 2 is 1.59 bits per heavy atom. The molecule has 90 valence electrons. The lowest BCUT2D eigenvalue weighted by Crippen LogP contribution is -2.12. The molecule has 0 saturated carbocycles. The van der Waals surface area contributed by atoms with Gasteiger partial charge >= 0.3 is 0 Å². The molecule has 1 nitrogen and oxygen atoms in total. The van der Waals surface area contributed by atoms with E-state index in [0.717, 1.165) is 11.1 Å². The summed E-state index contributed by atoms with van der Waals surface area (Å²) >= 11 is 12.0. The second kappa shape index (κ2) is 6.27. The summed E-state index contributed by atoms with van der Waals surface area (Å²) in [7, 11) is 0. The van der Waals surface area contributed by atoms with E-state index in [1.54, 1.807) is 12.1 Å². The summed E-state index contributed by atoms with van der Waals surface area (Å²) in [5.74, 6) is 0. The Morgan fingerprint density at radius 3 is 2.24 bits per heavy atom. The van der Waals surface area contributed by atoms with Gasteiger partial charge in [-0.05, 0) is 29.3 Å². The van der Waals surface area contributed by atoms with Crippen LogP contribution in [0.1, 0.15) is 17.2 Å². The van der Waals surface area contributed by atoms with Crippen LogP contribution in [0, 0.1) is 0 Å². The minimum atomic E-state index is -0.243. The summed E-state index contributed by atoms with van der Waals surface area (Å²) in [6, 6.07) is 14.9. The first-order chi connectivity index (χ1) is 7.68. The highest BCUT2D eigenvalue weighted by Gasteiger charge is 2.12. The number of halogens is 3. The van der Waals surface area contributed by atoms with Crippen LogP contribution in [0.5, 0.6) is 0 Å². The van der Waals surface area contributed by atoms with E-state index in [9.17, 15) is 0 Å². The molecule has 0 radical (unpaired) electrons. The van der Waals surface area contributed by atoms with Gasteiger partial charge in [0.15, 0.2) is 0 Å². The van der Waals surface area contributed by atoms with Crippen LogP contribution >= 0.6 is 35.6 Å². The Kier molecular flexibility index (Phi) is 5.29. The molecule has 0 aliphatic rings. The van der Waals surface area contributed by atoms with Gasteiger partial charge in [-0.1, -0.05) is 53.5 Å². The van der Waals surface area contributed by atoms with Crippen LogP contribution in [-0.4, -0.2) is 0 Å². The number of rotatable bonds is 2. The first-order valence-corrected chi connectivity index (χ1v) is 5.69.